The normalized spacial score (nSPS) is 13.2. The summed E-state index contributed by atoms with van der Waals surface area (Å²) < 4.78 is 37.8. The molecule has 2 aromatic rings. The van der Waals surface area contributed by atoms with Crippen molar-refractivity contribution in [3.8, 4) is 0 Å². The molecule has 0 aliphatic rings. The summed E-state index contributed by atoms with van der Waals surface area (Å²) in [5, 5.41) is 3.12. The third-order valence-corrected chi connectivity index (χ3v) is 2.89. The first kappa shape index (κ1) is 14.5. The van der Waals surface area contributed by atoms with Gasteiger partial charge in [-0.05, 0) is 18.6 Å². The number of rotatable bonds is 4. The molecule has 106 valence electrons. The second kappa shape index (κ2) is 6.00. The highest BCUT2D eigenvalue weighted by Gasteiger charge is 2.30. The van der Waals surface area contributed by atoms with Gasteiger partial charge in [0.2, 0.25) is 0 Å². The van der Waals surface area contributed by atoms with Crippen LogP contribution in [-0.4, -0.2) is 9.97 Å². The monoisotopic (exact) mass is 281 g/mol. The van der Waals surface area contributed by atoms with Crippen molar-refractivity contribution in [3.05, 3.63) is 59.7 Å². The van der Waals surface area contributed by atoms with Crippen molar-refractivity contribution in [2.45, 2.75) is 25.7 Å². The summed E-state index contributed by atoms with van der Waals surface area (Å²) in [7, 11) is 0. The molecule has 1 unspecified atom stereocenters. The Hall–Kier alpha value is -1.95. The second-order valence-electron chi connectivity index (χ2n) is 4.43. The number of benzene rings is 1. The van der Waals surface area contributed by atoms with E-state index in [9.17, 15) is 13.2 Å². The van der Waals surface area contributed by atoms with Gasteiger partial charge in [-0.3, -0.25) is 9.97 Å². The van der Waals surface area contributed by atoms with Crippen LogP contribution in [0, 0.1) is 0 Å². The fourth-order valence-corrected chi connectivity index (χ4v) is 1.77. The van der Waals surface area contributed by atoms with Gasteiger partial charge in [-0.15, -0.1) is 0 Å². The quantitative estimate of drug-likeness (QED) is 0.934. The van der Waals surface area contributed by atoms with Crippen LogP contribution < -0.4 is 5.32 Å². The van der Waals surface area contributed by atoms with Gasteiger partial charge in [0.1, 0.15) is 0 Å². The van der Waals surface area contributed by atoms with E-state index in [-0.39, 0.29) is 6.04 Å². The Labute approximate surface area is 114 Å². The molecule has 0 fully saturated rings. The molecule has 0 aliphatic carbocycles. The van der Waals surface area contributed by atoms with Crippen LogP contribution in [0.4, 0.5) is 13.2 Å². The molecule has 1 aromatic carbocycles. The lowest BCUT2D eigenvalue weighted by Crippen LogP contribution is -2.19. The van der Waals surface area contributed by atoms with Crippen molar-refractivity contribution in [3.63, 3.8) is 0 Å². The molecule has 1 atom stereocenters. The van der Waals surface area contributed by atoms with Crippen LogP contribution in [0.15, 0.2) is 42.9 Å². The minimum absolute atomic E-state index is 0.0850. The van der Waals surface area contributed by atoms with Crippen LogP contribution in [0.3, 0.4) is 0 Å². The van der Waals surface area contributed by atoms with Crippen LogP contribution in [0.2, 0.25) is 0 Å². The fourth-order valence-electron chi connectivity index (χ4n) is 1.77. The van der Waals surface area contributed by atoms with Gasteiger partial charge in [-0.1, -0.05) is 18.2 Å². The van der Waals surface area contributed by atoms with Crippen molar-refractivity contribution in [2.24, 2.45) is 0 Å². The van der Waals surface area contributed by atoms with E-state index < -0.39 is 11.7 Å². The van der Waals surface area contributed by atoms with Crippen molar-refractivity contribution in [1.82, 2.24) is 15.3 Å². The predicted octanol–water partition coefficient (Wildman–Crippen LogP) is 3.35. The summed E-state index contributed by atoms with van der Waals surface area (Å²) >= 11 is 0. The minimum atomic E-state index is -4.31. The van der Waals surface area contributed by atoms with Gasteiger partial charge in [0, 0.05) is 31.2 Å². The molecule has 6 heteroatoms. The van der Waals surface area contributed by atoms with Crippen molar-refractivity contribution in [2.75, 3.05) is 0 Å². The van der Waals surface area contributed by atoms with Gasteiger partial charge >= 0.3 is 6.18 Å². The molecular formula is C14H14F3N3. The molecule has 0 saturated heterocycles. The SMILES string of the molecule is CC(NCc1cccc(C(F)(F)F)c1)c1cnccn1. The summed E-state index contributed by atoms with van der Waals surface area (Å²) in [6.45, 7) is 2.22. The van der Waals surface area contributed by atoms with E-state index in [1.54, 1.807) is 24.7 Å². The average Bonchev–Trinajstić information content (AvgIpc) is 2.45. The first-order valence-corrected chi connectivity index (χ1v) is 6.12. The van der Waals surface area contributed by atoms with E-state index in [1.165, 1.54) is 6.07 Å². The van der Waals surface area contributed by atoms with Gasteiger partial charge in [-0.2, -0.15) is 13.2 Å². The minimum Gasteiger partial charge on any atom is -0.305 e. The maximum Gasteiger partial charge on any atom is 0.416 e. The van der Waals surface area contributed by atoms with Gasteiger partial charge in [0.05, 0.1) is 11.3 Å². The van der Waals surface area contributed by atoms with Crippen molar-refractivity contribution in [1.29, 1.82) is 0 Å². The summed E-state index contributed by atoms with van der Waals surface area (Å²) in [5.74, 6) is 0. The molecule has 0 radical (unpaired) electrons. The lowest BCUT2D eigenvalue weighted by atomic mass is 10.1. The van der Waals surface area contributed by atoms with Crippen molar-refractivity contribution < 1.29 is 13.2 Å². The molecular weight excluding hydrogens is 267 g/mol. The molecule has 0 aliphatic heterocycles. The first-order valence-electron chi connectivity index (χ1n) is 6.12. The predicted molar refractivity (Wildman–Crippen MR) is 68.7 cm³/mol. The first-order chi connectivity index (χ1) is 9.47. The lowest BCUT2D eigenvalue weighted by molar-refractivity contribution is -0.137. The molecule has 0 amide bonds. The molecule has 3 nitrogen and oxygen atoms in total. The van der Waals surface area contributed by atoms with Crippen LogP contribution in [-0.2, 0) is 12.7 Å². The summed E-state index contributed by atoms with van der Waals surface area (Å²) in [4.78, 5) is 8.10. The Morgan fingerprint density at radius 3 is 2.70 bits per heavy atom. The van der Waals surface area contributed by atoms with E-state index in [4.69, 9.17) is 0 Å². The Morgan fingerprint density at radius 1 is 1.25 bits per heavy atom. The van der Waals surface area contributed by atoms with Crippen LogP contribution in [0.1, 0.15) is 29.8 Å². The van der Waals surface area contributed by atoms with Crippen LogP contribution in [0.25, 0.3) is 0 Å². The Bertz CT molecular complexity index is 555. The van der Waals surface area contributed by atoms with Gasteiger partial charge in [0.25, 0.3) is 0 Å². The summed E-state index contributed by atoms with van der Waals surface area (Å²) in [6, 6.07) is 5.20. The van der Waals surface area contributed by atoms with Crippen LogP contribution >= 0.6 is 0 Å². The number of hydrogen-bond donors (Lipinski definition) is 1. The number of halogens is 3. The van der Waals surface area contributed by atoms with E-state index in [0.29, 0.717) is 12.1 Å². The molecule has 0 bridgehead atoms. The zero-order chi connectivity index (χ0) is 14.6. The Kier molecular flexibility index (Phi) is 4.34. The fraction of sp³-hybridized carbons (Fsp3) is 0.286. The zero-order valence-electron chi connectivity index (χ0n) is 10.9. The number of alkyl halides is 3. The van der Waals surface area contributed by atoms with Gasteiger partial charge < -0.3 is 5.32 Å². The average molecular weight is 281 g/mol. The van der Waals surface area contributed by atoms with Crippen molar-refractivity contribution >= 4 is 0 Å². The highest BCUT2D eigenvalue weighted by Crippen LogP contribution is 2.29. The Morgan fingerprint density at radius 2 is 2.05 bits per heavy atom. The number of nitrogens with one attached hydrogen (secondary N) is 1. The van der Waals surface area contributed by atoms with Crippen LogP contribution in [0.5, 0.6) is 0 Å². The van der Waals surface area contributed by atoms with E-state index >= 15 is 0 Å². The Balaban J connectivity index is 2.01. The topological polar surface area (TPSA) is 37.8 Å². The number of aromatic nitrogens is 2. The standard InChI is InChI=1S/C14H14F3N3/c1-10(13-9-18-5-6-19-13)20-8-11-3-2-4-12(7-11)14(15,16)17/h2-7,9-10,20H,8H2,1H3. The smallest absolute Gasteiger partial charge is 0.305 e. The molecule has 0 saturated carbocycles. The largest absolute Gasteiger partial charge is 0.416 e. The van der Waals surface area contributed by atoms with Gasteiger partial charge in [-0.25, -0.2) is 0 Å². The summed E-state index contributed by atoms with van der Waals surface area (Å²) in [5.41, 5.74) is 0.694. The molecule has 1 aromatic heterocycles. The summed E-state index contributed by atoms with van der Waals surface area (Å²) in [6.07, 6.45) is 0.469. The highest BCUT2D eigenvalue weighted by atomic mass is 19.4. The van der Waals surface area contributed by atoms with E-state index in [2.05, 4.69) is 15.3 Å². The van der Waals surface area contributed by atoms with E-state index in [0.717, 1.165) is 17.8 Å². The third kappa shape index (κ3) is 3.77. The lowest BCUT2D eigenvalue weighted by Gasteiger charge is -2.14. The molecule has 2 rings (SSSR count). The van der Waals surface area contributed by atoms with E-state index in [1.807, 2.05) is 6.92 Å². The highest BCUT2D eigenvalue weighted by molar-refractivity contribution is 5.25. The molecule has 1 heterocycles. The maximum absolute atomic E-state index is 12.6. The molecule has 20 heavy (non-hydrogen) atoms. The van der Waals surface area contributed by atoms with Gasteiger partial charge in [0.15, 0.2) is 0 Å². The second-order valence-corrected chi connectivity index (χ2v) is 4.43. The zero-order valence-corrected chi connectivity index (χ0v) is 10.9. The third-order valence-electron chi connectivity index (χ3n) is 2.89. The number of nitrogens with zero attached hydrogens (tertiary/aromatic N) is 2. The maximum atomic E-state index is 12.6. The number of hydrogen-bond acceptors (Lipinski definition) is 3. The molecule has 0 spiro atoms. The molecule has 1 N–H and O–H groups in total.